The van der Waals surface area contributed by atoms with Gasteiger partial charge in [0, 0.05) is 13.1 Å². The van der Waals surface area contributed by atoms with E-state index in [0.29, 0.717) is 0 Å². The number of nitrogens with one attached hydrogen (secondary N) is 1. The Hall–Kier alpha value is -0.500. The normalized spacial score (nSPS) is 9.38. The largest absolute Gasteiger partial charge is 0.390 e. The van der Waals surface area contributed by atoms with Crippen molar-refractivity contribution in [2.45, 2.75) is 0 Å². The topological polar surface area (TPSA) is 15.3 Å². The summed E-state index contributed by atoms with van der Waals surface area (Å²) in [6.07, 6.45) is 1.71. The van der Waals surface area contributed by atoms with Gasteiger partial charge in [-0.25, -0.2) is 0 Å². The molecule has 0 fully saturated rings. The SMILES string of the molecule is C=CNCCN(C)C. The summed E-state index contributed by atoms with van der Waals surface area (Å²) < 4.78 is 0. The molecule has 0 aliphatic carbocycles. The lowest BCUT2D eigenvalue weighted by molar-refractivity contribution is 0.410. The summed E-state index contributed by atoms with van der Waals surface area (Å²) in [6.45, 7) is 5.57. The highest BCUT2D eigenvalue weighted by Gasteiger charge is 1.83. The molecule has 2 nitrogen and oxygen atoms in total. The zero-order valence-electron chi connectivity index (χ0n) is 5.65. The van der Waals surface area contributed by atoms with Gasteiger partial charge < -0.3 is 10.2 Å². The van der Waals surface area contributed by atoms with Crippen LogP contribution in [0, 0.1) is 0 Å². The van der Waals surface area contributed by atoms with Gasteiger partial charge in [-0.2, -0.15) is 0 Å². The number of hydrogen-bond donors (Lipinski definition) is 1. The molecule has 0 aromatic rings. The zero-order valence-corrected chi connectivity index (χ0v) is 5.65. The Balaban J connectivity index is 2.81. The standard InChI is InChI=1S/C6H14N2/c1-4-7-5-6-8(2)3/h4,7H,1,5-6H2,2-3H3. The Morgan fingerprint density at radius 2 is 2.25 bits per heavy atom. The van der Waals surface area contributed by atoms with Crippen LogP contribution in [0.25, 0.3) is 0 Å². The van der Waals surface area contributed by atoms with Gasteiger partial charge in [0.1, 0.15) is 0 Å². The van der Waals surface area contributed by atoms with E-state index in [9.17, 15) is 0 Å². The van der Waals surface area contributed by atoms with E-state index in [2.05, 4.69) is 16.8 Å². The minimum Gasteiger partial charge on any atom is -0.390 e. The third-order valence-corrected chi connectivity index (χ3v) is 0.848. The van der Waals surface area contributed by atoms with Crippen LogP contribution in [0.1, 0.15) is 0 Å². The van der Waals surface area contributed by atoms with Gasteiger partial charge in [0.25, 0.3) is 0 Å². The van der Waals surface area contributed by atoms with Crippen molar-refractivity contribution in [3.05, 3.63) is 12.8 Å². The Morgan fingerprint density at radius 3 is 2.62 bits per heavy atom. The molecule has 48 valence electrons. The van der Waals surface area contributed by atoms with Crippen LogP contribution in [0.5, 0.6) is 0 Å². The minimum atomic E-state index is 0.983. The molecule has 0 amide bonds. The number of nitrogens with zero attached hydrogens (tertiary/aromatic N) is 1. The second kappa shape index (κ2) is 4.65. The average Bonchev–Trinajstić information content (AvgIpc) is 1.66. The van der Waals surface area contributed by atoms with Crippen LogP contribution < -0.4 is 5.32 Å². The lowest BCUT2D eigenvalue weighted by Gasteiger charge is -2.07. The maximum atomic E-state index is 3.53. The van der Waals surface area contributed by atoms with Gasteiger partial charge in [-0.1, -0.05) is 6.58 Å². The molecule has 0 aromatic heterocycles. The molecule has 0 aromatic carbocycles. The lowest BCUT2D eigenvalue weighted by atomic mass is 10.6. The highest BCUT2D eigenvalue weighted by Crippen LogP contribution is 1.68. The van der Waals surface area contributed by atoms with E-state index < -0.39 is 0 Å². The first kappa shape index (κ1) is 7.50. The van der Waals surface area contributed by atoms with Crippen molar-refractivity contribution in [1.29, 1.82) is 0 Å². The monoisotopic (exact) mass is 114 g/mol. The van der Waals surface area contributed by atoms with Gasteiger partial charge in [-0.15, -0.1) is 0 Å². The van der Waals surface area contributed by atoms with Crippen molar-refractivity contribution in [3.8, 4) is 0 Å². The molecule has 1 N–H and O–H groups in total. The van der Waals surface area contributed by atoms with Gasteiger partial charge >= 0.3 is 0 Å². The summed E-state index contributed by atoms with van der Waals surface area (Å²) in [4.78, 5) is 2.12. The Bertz CT molecular complexity index is 59.5. The van der Waals surface area contributed by atoms with Crippen LogP contribution in [0.3, 0.4) is 0 Å². The van der Waals surface area contributed by atoms with Crippen LogP contribution in [-0.4, -0.2) is 32.1 Å². The van der Waals surface area contributed by atoms with Crippen LogP contribution in [0.2, 0.25) is 0 Å². The van der Waals surface area contributed by atoms with Crippen molar-refractivity contribution in [3.63, 3.8) is 0 Å². The molecule has 0 radical (unpaired) electrons. The molecule has 0 atom stereocenters. The van der Waals surface area contributed by atoms with Gasteiger partial charge in [-0.3, -0.25) is 0 Å². The highest BCUT2D eigenvalue weighted by atomic mass is 15.1. The van der Waals surface area contributed by atoms with Crippen molar-refractivity contribution in [2.24, 2.45) is 0 Å². The lowest BCUT2D eigenvalue weighted by Crippen LogP contribution is -2.22. The fraction of sp³-hybridized carbons (Fsp3) is 0.667. The number of likely N-dealkylation sites (N-methyl/N-ethyl adjacent to an activating group) is 1. The molecule has 0 spiro atoms. The van der Waals surface area contributed by atoms with E-state index in [4.69, 9.17) is 0 Å². The maximum absolute atomic E-state index is 3.53. The van der Waals surface area contributed by atoms with Gasteiger partial charge in [-0.05, 0) is 20.3 Å². The molecule has 0 aliphatic heterocycles. The summed E-state index contributed by atoms with van der Waals surface area (Å²) in [5.74, 6) is 0. The molecule has 0 saturated carbocycles. The van der Waals surface area contributed by atoms with E-state index >= 15 is 0 Å². The van der Waals surface area contributed by atoms with Crippen molar-refractivity contribution < 1.29 is 0 Å². The molecular weight excluding hydrogens is 100 g/mol. The van der Waals surface area contributed by atoms with E-state index in [1.54, 1.807) is 6.20 Å². The number of hydrogen-bond acceptors (Lipinski definition) is 2. The van der Waals surface area contributed by atoms with Crippen LogP contribution in [-0.2, 0) is 0 Å². The molecule has 0 unspecified atom stereocenters. The quantitative estimate of drug-likeness (QED) is 0.528. The summed E-state index contributed by atoms with van der Waals surface area (Å²) in [5.41, 5.74) is 0. The van der Waals surface area contributed by atoms with E-state index in [0.717, 1.165) is 13.1 Å². The third kappa shape index (κ3) is 5.50. The smallest absolute Gasteiger partial charge is 0.0268 e. The molecule has 0 rings (SSSR count). The Kier molecular flexibility index (Phi) is 4.36. The van der Waals surface area contributed by atoms with Crippen molar-refractivity contribution in [1.82, 2.24) is 10.2 Å². The fourth-order valence-electron chi connectivity index (χ4n) is 0.390. The Labute approximate surface area is 51.2 Å². The molecule has 0 heterocycles. The zero-order chi connectivity index (χ0) is 6.41. The first-order valence-corrected chi connectivity index (χ1v) is 2.76. The van der Waals surface area contributed by atoms with Crippen LogP contribution >= 0.6 is 0 Å². The van der Waals surface area contributed by atoms with E-state index in [1.807, 2.05) is 14.1 Å². The summed E-state index contributed by atoms with van der Waals surface area (Å²) in [7, 11) is 4.09. The predicted molar refractivity (Wildman–Crippen MR) is 36.8 cm³/mol. The average molecular weight is 114 g/mol. The van der Waals surface area contributed by atoms with Crippen LogP contribution in [0.4, 0.5) is 0 Å². The van der Waals surface area contributed by atoms with Crippen molar-refractivity contribution in [2.75, 3.05) is 27.2 Å². The third-order valence-electron chi connectivity index (χ3n) is 0.848. The number of rotatable bonds is 4. The Morgan fingerprint density at radius 1 is 1.62 bits per heavy atom. The van der Waals surface area contributed by atoms with Gasteiger partial charge in [0.15, 0.2) is 0 Å². The molecule has 8 heavy (non-hydrogen) atoms. The minimum absolute atomic E-state index is 0.983. The second-order valence-electron chi connectivity index (χ2n) is 1.96. The second-order valence-corrected chi connectivity index (χ2v) is 1.96. The molecule has 0 bridgehead atoms. The summed E-state index contributed by atoms with van der Waals surface area (Å²) >= 11 is 0. The van der Waals surface area contributed by atoms with Crippen LogP contribution in [0.15, 0.2) is 12.8 Å². The molecule has 0 aliphatic rings. The molecular formula is C6H14N2. The van der Waals surface area contributed by atoms with Gasteiger partial charge in [0.2, 0.25) is 0 Å². The summed E-state index contributed by atoms with van der Waals surface area (Å²) in [5, 5.41) is 3.00. The van der Waals surface area contributed by atoms with E-state index in [-0.39, 0.29) is 0 Å². The summed E-state index contributed by atoms with van der Waals surface area (Å²) in [6, 6.07) is 0. The highest BCUT2D eigenvalue weighted by molar-refractivity contribution is 4.62. The fourth-order valence-corrected chi connectivity index (χ4v) is 0.390. The first-order valence-electron chi connectivity index (χ1n) is 2.76. The maximum Gasteiger partial charge on any atom is 0.0268 e. The molecule has 2 heteroatoms. The first-order chi connectivity index (χ1) is 3.77. The predicted octanol–water partition coefficient (Wildman–Crippen LogP) is 0.281. The van der Waals surface area contributed by atoms with E-state index in [1.165, 1.54) is 0 Å². The van der Waals surface area contributed by atoms with Gasteiger partial charge in [0.05, 0.1) is 0 Å². The van der Waals surface area contributed by atoms with Crippen molar-refractivity contribution >= 4 is 0 Å². The molecule has 0 saturated heterocycles.